The van der Waals surface area contributed by atoms with E-state index in [-0.39, 0.29) is 31.1 Å². The van der Waals surface area contributed by atoms with Crippen LogP contribution in [0.2, 0.25) is 0 Å². The van der Waals surface area contributed by atoms with E-state index in [0.29, 0.717) is 17.7 Å². The van der Waals surface area contributed by atoms with Gasteiger partial charge in [-0.15, -0.1) is 0 Å². The summed E-state index contributed by atoms with van der Waals surface area (Å²) in [5.41, 5.74) is 12.9. The lowest BCUT2D eigenvalue weighted by Crippen LogP contribution is -2.43. The minimum Gasteiger partial charge on any atom is -0.480 e. The Kier molecular flexibility index (Phi) is 6.63. The van der Waals surface area contributed by atoms with Crippen LogP contribution in [0.4, 0.5) is 0 Å². The highest BCUT2D eigenvalue weighted by molar-refractivity contribution is 5.95. The highest BCUT2D eigenvalue weighted by atomic mass is 16.5. The summed E-state index contributed by atoms with van der Waals surface area (Å²) >= 11 is 0. The number of ether oxygens (including phenoxy) is 1. The number of carbonyl (C=O) groups excluding carboxylic acids is 2. The van der Waals surface area contributed by atoms with E-state index in [2.05, 4.69) is 28.0 Å². The fourth-order valence-electron chi connectivity index (χ4n) is 2.91. The van der Waals surface area contributed by atoms with Crippen molar-refractivity contribution in [3.8, 4) is 17.6 Å². The summed E-state index contributed by atoms with van der Waals surface area (Å²) in [5, 5.41) is 2.78. The number of nitrogens with one attached hydrogen (secondary N) is 3. The zero-order valence-corrected chi connectivity index (χ0v) is 15.3. The number of amides is 2. The number of para-hydroxylation sites is 1. The van der Waals surface area contributed by atoms with E-state index in [1.54, 1.807) is 24.3 Å². The quantitative estimate of drug-likeness (QED) is 0.559. The molecule has 1 heterocycles. The minimum atomic E-state index is -0.553. The molecule has 7 heteroatoms. The second-order valence-electron chi connectivity index (χ2n) is 6.26. The Morgan fingerprint density at radius 3 is 2.61 bits per heavy atom. The van der Waals surface area contributed by atoms with Crippen LogP contribution in [0.3, 0.4) is 0 Å². The summed E-state index contributed by atoms with van der Waals surface area (Å²) in [6, 6.07) is 16.5. The van der Waals surface area contributed by atoms with Gasteiger partial charge in [-0.1, -0.05) is 54.3 Å². The fraction of sp³-hybridized carbons (Fsp3) is 0.238. The molecular weight excluding hydrogens is 356 g/mol. The highest BCUT2D eigenvalue weighted by Gasteiger charge is 2.29. The molecule has 1 aliphatic heterocycles. The van der Waals surface area contributed by atoms with Crippen LogP contribution >= 0.6 is 0 Å². The monoisotopic (exact) mass is 378 g/mol. The lowest BCUT2D eigenvalue weighted by Gasteiger charge is -2.09. The molecule has 7 nitrogen and oxygen atoms in total. The first-order valence-corrected chi connectivity index (χ1v) is 8.96. The number of hydrogen-bond acceptors (Lipinski definition) is 5. The number of hydrazine groups is 1. The third-order valence-electron chi connectivity index (χ3n) is 4.35. The fourth-order valence-corrected chi connectivity index (χ4v) is 2.91. The topological polar surface area (TPSA) is 105 Å². The van der Waals surface area contributed by atoms with Gasteiger partial charge in [0.15, 0.2) is 0 Å². The summed E-state index contributed by atoms with van der Waals surface area (Å²) in [7, 11) is 0. The van der Waals surface area contributed by atoms with Crippen LogP contribution in [0.15, 0.2) is 54.6 Å². The van der Waals surface area contributed by atoms with E-state index < -0.39 is 5.91 Å². The standard InChI is InChI=1S/C21H22N4O3/c22-20(26)16-10-4-5-11-19(16)28-13-7-6-12-23-21(27)18-14-17(24-25-18)15-8-2-1-3-9-15/h1-5,8-11,17-18,24-25H,12-14H2,(H2,22,26)(H,23,27). The van der Waals surface area contributed by atoms with Crippen LogP contribution in [0.5, 0.6) is 5.75 Å². The SMILES string of the molecule is NC(=O)c1ccccc1OCC#CCNC(=O)C1CC(c2ccccc2)NN1. The van der Waals surface area contributed by atoms with Crippen molar-refractivity contribution in [3.63, 3.8) is 0 Å². The number of rotatable bonds is 6. The smallest absolute Gasteiger partial charge is 0.252 e. The lowest BCUT2D eigenvalue weighted by atomic mass is 10.0. The van der Waals surface area contributed by atoms with Gasteiger partial charge < -0.3 is 15.8 Å². The largest absolute Gasteiger partial charge is 0.480 e. The molecule has 3 rings (SSSR count). The molecule has 0 spiro atoms. The third kappa shape index (κ3) is 5.10. The summed E-state index contributed by atoms with van der Waals surface area (Å²) in [6.07, 6.45) is 0.663. The van der Waals surface area contributed by atoms with Crippen molar-refractivity contribution < 1.29 is 14.3 Å². The molecule has 1 fully saturated rings. The molecule has 28 heavy (non-hydrogen) atoms. The van der Waals surface area contributed by atoms with Crippen LogP contribution in [-0.4, -0.2) is 31.0 Å². The average Bonchev–Trinajstić information content (AvgIpc) is 3.21. The second kappa shape index (κ2) is 9.55. The molecule has 0 radical (unpaired) electrons. The molecule has 0 saturated carbocycles. The van der Waals surface area contributed by atoms with E-state index in [4.69, 9.17) is 10.5 Å². The van der Waals surface area contributed by atoms with Crippen molar-refractivity contribution in [2.24, 2.45) is 5.73 Å². The van der Waals surface area contributed by atoms with Gasteiger partial charge in [-0.3, -0.25) is 9.59 Å². The molecule has 2 aromatic carbocycles. The Labute approximate surface area is 163 Å². The predicted octanol–water partition coefficient (Wildman–Crippen LogP) is 0.892. The van der Waals surface area contributed by atoms with E-state index >= 15 is 0 Å². The van der Waals surface area contributed by atoms with Gasteiger partial charge in [0.05, 0.1) is 12.1 Å². The number of benzene rings is 2. The molecule has 0 aromatic heterocycles. The molecule has 2 atom stereocenters. The molecule has 1 aliphatic rings. The summed E-state index contributed by atoms with van der Waals surface area (Å²) in [5.74, 6) is 5.36. The van der Waals surface area contributed by atoms with Gasteiger partial charge in [-0.2, -0.15) is 0 Å². The van der Waals surface area contributed by atoms with E-state index in [9.17, 15) is 9.59 Å². The van der Waals surface area contributed by atoms with Gasteiger partial charge in [0, 0.05) is 6.04 Å². The van der Waals surface area contributed by atoms with Crippen molar-refractivity contribution >= 4 is 11.8 Å². The van der Waals surface area contributed by atoms with Gasteiger partial charge in [-0.25, -0.2) is 10.9 Å². The molecule has 2 aromatic rings. The first kappa shape index (κ1) is 19.4. The van der Waals surface area contributed by atoms with Crippen LogP contribution < -0.4 is 26.6 Å². The van der Waals surface area contributed by atoms with E-state index in [1.807, 2.05) is 30.3 Å². The summed E-state index contributed by atoms with van der Waals surface area (Å²) in [4.78, 5) is 23.6. The maximum atomic E-state index is 12.2. The Balaban J connectivity index is 1.40. The van der Waals surface area contributed by atoms with Crippen LogP contribution in [0.1, 0.15) is 28.4 Å². The predicted molar refractivity (Wildman–Crippen MR) is 105 cm³/mol. The van der Waals surface area contributed by atoms with Crippen molar-refractivity contribution in [2.75, 3.05) is 13.2 Å². The molecule has 5 N–H and O–H groups in total. The van der Waals surface area contributed by atoms with Gasteiger partial charge in [0.2, 0.25) is 5.91 Å². The van der Waals surface area contributed by atoms with Crippen molar-refractivity contribution in [2.45, 2.75) is 18.5 Å². The molecule has 2 amide bonds. The van der Waals surface area contributed by atoms with Crippen molar-refractivity contribution in [3.05, 3.63) is 65.7 Å². The van der Waals surface area contributed by atoms with Gasteiger partial charge in [-0.05, 0) is 24.1 Å². The number of primary amides is 1. The molecule has 1 saturated heterocycles. The second-order valence-corrected chi connectivity index (χ2v) is 6.26. The Bertz CT molecular complexity index is 889. The Morgan fingerprint density at radius 2 is 1.82 bits per heavy atom. The normalized spacial score (nSPS) is 18.0. The zero-order valence-electron chi connectivity index (χ0n) is 15.3. The first-order chi connectivity index (χ1) is 13.6. The lowest BCUT2D eigenvalue weighted by molar-refractivity contribution is -0.122. The van der Waals surface area contributed by atoms with Crippen LogP contribution in [0.25, 0.3) is 0 Å². The van der Waals surface area contributed by atoms with E-state index in [0.717, 1.165) is 5.56 Å². The Hall–Kier alpha value is -3.34. The number of hydrogen-bond donors (Lipinski definition) is 4. The average molecular weight is 378 g/mol. The molecule has 0 bridgehead atoms. The van der Waals surface area contributed by atoms with Crippen LogP contribution in [0, 0.1) is 11.8 Å². The zero-order chi connectivity index (χ0) is 19.8. The van der Waals surface area contributed by atoms with Crippen molar-refractivity contribution in [1.82, 2.24) is 16.2 Å². The maximum absolute atomic E-state index is 12.2. The molecule has 144 valence electrons. The molecule has 2 unspecified atom stereocenters. The van der Waals surface area contributed by atoms with Crippen molar-refractivity contribution in [1.29, 1.82) is 0 Å². The van der Waals surface area contributed by atoms with Gasteiger partial charge in [0.1, 0.15) is 18.4 Å². The van der Waals surface area contributed by atoms with Crippen LogP contribution in [-0.2, 0) is 4.79 Å². The Morgan fingerprint density at radius 1 is 1.07 bits per heavy atom. The summed E-state index contributed by atoms with van der Waals surface area (Å²) < 4.78 is 5.46. The third-order valence-corrected chi connectivity index (χ3v) is 4.35. The molecular formula is C21H22N4O3. The maximum Gasteiger partial charge on any atom is 0.252 e. The van der Waals surface area contributed by atoms with E-state index in [1.165, 1.54) is 0 Å². The van der Waals surface area contributed by atoms with Gasteiger partial charge in [0.25, 0.3) is 5.91 Å². The highest BCUT2D eigenvalue weighted by Crippen LogP contribution is 2.21. The number of nitrogens with two attached hydrogens (primary N) is 1. The summed E-state index contributed by atoms with van der Waals surface area (Å²) in [6.45, 7) is 0.313. The molecule has 0 aliphatic carbocycles. The number of carbonyl (C=O) groups is 2. The first-order valence-electron chi connectivity index (χ1n) is 8.96. The van der Waals surface area contributed by atoms with Gasteiger partial charge >= 0.3 is 0 Å². The minimum absolute atomic E-state index is 0.0967.